The third kappa shape index (κ3) is 10.4. The predicted molar refractivity (Wildman–Crippen MR) is 110 cm³/mol. The molecule has 0 heterocycles. The molecule has 0 unspecified atom stereocenters. The minimum atomic E-state index is -0.442. The average molecular weight is 391 g/mol. The maximum atomic E-state index is 12.1. The molecule has 156 valence electrons. The van der Waals surface area contributed by atoms with E-state index in [1.807, 2.05) is 30.4 Å². The first kappa shape index (κ1) is 24.0. The number of aliphatic hydroxyl groups excluding tert-OH is 1. The molecule has 1 aliphatic rings. The molecule has 0 aliphatic heterocycles. The van der Waals surface area contributed by atoms with E-state index >= 15 is 0 Å². The Morgan fingerprint density at radius 2 is 2.04 bits per heavy atom. The smallest absolute Gasteiger partial charge is 0.303 e. The van der Waals surface area contributed by atoms with Crippen molar-refractivity contribution in [2.75, 3.05) is 6.61 Å². The highest BCUT2D eigenvalue weighted by Gasteiger charge is 2.26. The summed E-state index contributed by atoms with van der Waals surface area (Å²) in [7, 11) is 0. The van der Waals surface area contributed by atoms with E-state index < -0.39 is 5.97 Å². The highest BCUT2D eigenvalue weighted by Crippen LogP contribution is 2.27. The van der Waals surface area contributed by atoms with Gasteiger partial charge < -0.3 is 9.84 Å². The van der Waals surface area contributed by atoms with E-state index in [0.29, 0.717) is 25.7 Å². The Balaban J connectivity index is 2.29. The van der Waals surface area contributed by atoms with Crippen molar-refractivity contribution in [3.05, 3.63) is 36.5 Å². The zero-order valence-electron chi connectivity index (χ0n) is 17.1. The molecule has 0 spiro atoms. The van der Waals surface area contributed by atoms with Crippen LogP contribution in [0, 0.1) is 11.8 Å². The van der Waals surface area contributed by atoms with Gasteiger partial charge in [0.25, 0.3) is 0 Å². The second-order valence-corrected chi connectivity index (χ2v) is 7.32. The lowest BCUT2D eigenvalue weighted by molar-refractivity contribution is -0.145. The third-order valence-electron chi connectivity index (χ3n) is 4.79. The van der Waals surface area contributed by atoms with E-state index in [1.54, 1.807) is 6.08 Å². The van der Waals surface area contributed by atoms with Crippen LogP contribution in [-0.2, 0) is 19.1 Å². The van der Waals surface area contributed by atoms with Gasteiger partial charge >= 0.3 is 5.97 Å². The first-order valence-corrected chi connectivity index (χ1v) is 10.3. The molecule has 1 rings (SSSR count). The lowest BCUT2D eigenvalue weighted by Gasteiger charge is -2.13. The summed E-state index contributed by atoms with van der Waals surface area (Å²) in [6.07, 6.45) is 17.3. The van der Waals surface area contributed by atoms with Gasteiger partial charge in [-0.1, -0.05) is 50.1 Å². The summed E-state index contributed by atoms with van der Waals surface area (Å²) >= 11 is 0. The molecule has 0 fully saturated rings. The summed E-state index contributed by atoms with van der Waals surface area (Å²) in [5.41, 5.74) is 0. The first-order valence-electron chi connectivity index (χ1n) is 10.3. The molecule has 0 bridgehead atoms. The monoisotopic (exact) mass is 390 g/mol. The third-order valence-corrected chi connectivity index (χ3v) is 4.79. The minimum Gasteiger partial charge on any atom is -0.458 e. The van der Waals surface area contributed by atoms with Crippen LogP contribution in [0.3, 0.4) is 0 Å². The van der Waals surface area contributed by atoms with Gasteiger partial charge in [0.2, 0.25) is 0 Å². The first-order chi connectivity index (χ1) is 13.4. The van der Waals surface area contributed by atoms with E-state index in [1.165, 1.54) is 6.92 Å². The summed E-state index contributed by atoms with van der Waals surface area (Å²) in [6.45, 7) is 3.24. The van der Waals surface area contributed by atoms with E-state index in [4.69, 9.17) is 0 Å². The Morgan fingerprint density at radius 3 is 2.75 bits per heavy atom. The van der Waals surface area contributed by atoms with Crippen LogP contribution in [0.5, 0.6) is 0 Å². The molecule has 1 N–H and O–H groups in total. The van der Waals surface area contributed by atoms with Crippen LogP contribution in [0.25, 0.3) is 0 Å². The molecule has 1 aliphatic carbocycles. The standard InChI is InChI=1S/C23H34O5/c1-3-4-11-20(25)13-9-10-19-15-16-23(27)22(19)14-8-6-5-7-12-21(26)17-28-18(2)24/h6,8-10,15-16,19-20,22,25H,3-5,7,11-14,17H2,1-2H3/b8-6-,10-9+/t19-,20-,22+/m0/s1. The zero-order chi connectivity index (χ0) is 20.8. The molecule has 3 atom stereocenters. The van der Waals surface area contributed by atoms with E-state index in [0.717, 1.165) is 25.7 Å². The number of ketones is 2. The molecule has 0 saturated heterocycles. The summed E-state index contributed by atoms with van der Waals surface area (Å²) < 4.78 is 4.67. The zero-order valence-corrected chi connectivity index (χ0v) is 17.1. The van der Waals surface area contributed by atoms with Gasteiger partial charge in [-0.05, 0) is 38.2 Å². The van der Waals surface area contributed by atoms with Gasteiger partial charge in [0.05, 0.1) is 6.10 Å². The number of hydrogen-bond donors (Lipinski definition) is 1. The Kier molecular flexibility index (Phi) is 12.1. The number of rotatable bonds is 14. The van der Waals surface area contributed by atoms with Gasteiger partial charge in [-0.15, -0.1) is 0 Å². The predicted octanol–water partition coefficient (Wildman–Crippen LogP) is 4.10. The normalized spacial score (nSPS) is 20.3. The SMILES string of the molecule is CCCC[C@H](O)C/C=C/[C@H]1C=CC(=O)[C@@H]1C/C=C\CCCC(=O)COC(C)=O. The van der Waals surface area contributed by atoms with Gasteiger partial charge in [-0.2, -0.15) is 0 Å². The molecule has 0 aromatic rings. The lowest BCUT2D eigenvalue weighted by Crippen LogP contribution is -2.13. The van der Waals surface area contributed by atoms with Crippen molar-refractivity contribution in [3.8, 4) is 0 Å². The fourth-order valence-electron chi connectivity index (χ4n) is 3.11. The average Bonchev–Trinajstić information content (AvgIpc) is 3.01. The van der Waals surface area contributed by atoms with Crippen molar-refractivity contribution in [2.45, 2.75) is 71.3 Å². The Hall–Kier alpha value is -2.01. The van der Waals surface area contributed by atoms with E-state index in [9.17, 15) is 19.5 Å². The molecular weight excluding hydrogens is 356 g/mol. The maximum Gasteiger partial charge on any atom is 0.303 e. The van der Waals surface area contributed by atoms with Crippen molar-refractivity contribution in [3.63, 3.8) is 0 Å². The van der Waals surface area contributed by atoms with Gasteiger partial charge in [-0.3, -0.25) is 14.4 Å². The number of hydrogen-bond acceptors (Lipinski definition) is 5. The summed E-state index contributed by atoms with van der Waals surface area (Å²) in [5, 5.41) is 9.90. The molecule has 5 nitrogen and oxygen atoms in total. The molecule has 5 heteroatoms. The van der Waals surface area contributed by atoms with Crippen LogP contribution < -0.4 is 0 Å². The van der Waals surface area contributed by atoms with Crippen molar-refractivity contribution in [2.24, 2.45) is 11.8 Å². The van der Waals surface area contributed by atoms with Crippen LogP contribution in [-0.4, -0.2) is 35.4 Å². The molecule has 0 aromatic heterocycles. The quantitative estimate of drug-likeness (QED) is 0.274. The maximum absolute atomic E-state index is 12.1. The molecule has 28 heavy (non-hydrogen) atoms. The van der Waals surface area contributed by atoms with Gasteiger partial charge in [0.15, 0.2) is 11.6 Å². The highest BCUT2D eigenvalue weighted by atomic mass is 16.5. The van der Waals surface area contributed by atoms with Crippen molar-refractivity contribution in [1.82, 2.24) is 0 Å². The summed E-state index contributed by atoms with van der Waals surface area (Å²) in [5.74, 6) is -0.374. The van der Waals surface area contributed by atoms with Gasteiger partial charge in [0.1, 0.15) is 6.61 Å². The fourth-order valence-corrected chi connectivity index (χ4v) is 3.11. The van der Waals surface area contributed by atoms with Crippen LogP contribution >= 0.6 is 0 Å². The minimum absolute atomic E-state index is 0.0779. The Morgan fingerprint density at radius 1 is 1.25 bits per heavy atom. The van der Waals surface area contributed by atoms with Crippen molar-refractivity contribution >= 4 is 17.5 Å². The number of Topliss-reactive ketones (excluding diaryl/α,β-unsaturated/α-hetero) is 1. The lowest BCUT2D eigenvalue weighted by atomic mass is 9.90. The number of carbonyl (C=O) groups is 3. The van der Waals surface area contributed by atoms with Crippen LogP contribution in [0.15, 0.2) is 36.5 Å². The number of esters is 1. The largest absolute Gasteiger partial charge is 0.458 e. The van der Waals surface area contributed by atoms with Gasteiger partial charge in [0, 0.05) is 25.2 Å². The molecule has 0 amide bonds. The molecular formula is C23H34O5. The van der Waals surface area contributed by atoms with Crippen molar-refractivity contribution < 1.29 is 24.2 Å². The fraction of sp³-hybridized carbons (Fsp3) is 0.609. The summed E-state index contributed by atoms with van der Waals surface area (Å²) in [6, 6.07) is 0. The van der Waals surface area contributed by atoms with E-state index in [-0.39, 0.29) is 36.1 Å². The van der Waals surface area contributed by atoms with E-state index in [2.05, 4.69) is 11.7 Å². The van der Waals surface area contributed by atoms with Crippen molar-refractivity contribution in [1.29, 1.82) is 0 Å². The molecule has 0 saturated carbocycles. The number of aliphatic hydroxyl groups is 1. The van der Waals surface area contributed by atoms with Crippen LogP contribution in [0.2, 0.25) is 0 Å². The Bertz CT molecular complexity index is 588. The number of ether oxygens (including phenoxy) is 1. The highest BCUT2D eigenvalue weighted by molar-refractivity contribution is 5.95. The molecule has 0 aromatic carbocycles. The number of unbranched alkanes of at least 4 members (excludes halogenated alkanes) is 2. The van der Waals surface area contributed by atoms with Crippen LogP contribution in [0.4, 0.5) is 0 Å². The molecule has 0 radical (unpaired) electrons. The topological polar surface area (TPSA) is 80.7 Å². The Labute approximate surface area is 168 Å². The number of allylic oxidation sites excluding steroid dienone is 5. The van der Waals surface area contributed by atoms with Crippen LogP contribution in [0.1, 0.15) is 65.2 Å². The second-order valence-electron chi connectivity index (χ2n) is 7.32. The summed E-state index contributed by atoms with van der Waals surface area (Å²) in [4.78, 5) is 34.2. The second kappa shape index (κ2) is 14.1. The van der Waals surface area contributed by atoms with Gasteiger partial charge in [-0.25, -0.2) is 0 Å². The number of carbonyl (C=O) groups excluding carboxylic acids is 3.